The highest BCUT2D eigenvalue weighted by Crippen LogP contribution is 2.40. The number of aromatic hydroxyl groups is 1. The number of nitrogens with zero attached hydrogens (tertiary/aromatic N) is 5. The van der Waals surface area contributed by atoms with Crippen LogP contribution in [-0.4, -0.2) is 72.3 Å². The molecule has 3 aromatic rings. The highest BCUT2D eigenvalue weighted by atomic mass is 32.2. The number of thiazole rings is 1. The van der Waals surface area contributed by atoms with Gasteiger partial charge in [-0.3, -0.25) is 14.5 Å². The number of oxime groups is 1. The molecule has 2 aliphatic rings. The van der Waals surface area contributed by atoms with Crippen LogP contribution in [0.2, 0.25) is 0 Å². The van der Waals surface area contributed by atoms with E-state index in [4.69, 9.17) is 10.6 Å². The molecule has 186 valence electrons. The molecule has 13 nitrogen and oxygen atoms in total. The number of amides is 2. The smallest absolute Gasteiger partial charge is 0.352 e. The van der Waals surface area contributed by atoms with E-state index in [2.05, 4.69) is 15.5 Å². The first-order chi connectivity index (χ1) is 17.3. The van der Waals surface area contributed by atoms with Gasteiger partial charge in [0.15, 0.2) is 10.8 Å². The van der Waals surface area contributed by atoms with Crippen LogP contribution < -0.4 is 15.6 Å². The van der Waals surface area contributed by atoms with Crippen molar-refractivity contribution in [1.29, 1.82) is 0 Å². The third kappa shape index (κ3) is 3.91. The van der Waals surface area contributed by atoms with Gasteiger partial charge in [0.1, 0.15) is 48.9 Å². The first-order valence-corrected chi connectivity index (χ1v) is 12.4. The summed E-state index contributed by atoms with van der Waals surface area (Å²) in [6.07, 6.45) is 5.22. The molecule has 1 saturated heterocycles. The average molecular weight is 531 g/mol. The monoisotopic (exact) mass is 530 g/mol. The van der Waals surface area contributed by atoms with Crippen LogP contribution in [0.15, 0.2) is 52.5 Å². The van der Waals surface area contributed by atoms with Gasteiger partial charge in [0.25, 0.3) is 11.8 Å². The van der Waals surface area contributed by atoms with Crippen molar-refractivity contribution in [1.82, 2.24) is 19.6 Å². The fourth-order valence-corrected chi connectivity index (χ4v) is 6.07. The minimum atomic E-state index is -1.25. The largest absolute Gasteiger partial charge is 0.501 e. The summed E-state index contributed by atoms with van der Waals surface area (Å²) in [7, 11) is 1.27. The Morgan fingerprint density at radius 1 is 1.42 bits per heavy atom. The van der Waals surface area contributed by atoms with Crippen LogP contribution in [0.4, 0.5) is 5.13 Å². The van der Waals surface area contributed by atoms with Crippen molar-refractivity contribution in [2.75, 3.05) is 18.6 Å². The number of hydrogen-bond donors (Lipinski definition) is 4. The number of rotatable bonds is 7. The van der Waals surface area contributed by atoms with Crippen molar-refractivity contribution in [3.05, 3.63) is 53.1 Å². The van der Waals surface area contributed by atoms with Gasteiger partial charge in [-0.25, -0.2) is 14.3 Å². The van der Waals surface area contributed by atoms with Crippen molar-refractivity contribution in [2.24, 2.45) is 5.16 Å². The molecule has 3 aromatic heterocycles. The molecule has 0 spiro atoms. The second kappa shape index (κ2) is 9.16. The molecule has 1 fully saturated rings. The standard InChI is InChI=1S/C21H19N7O6S2/c1-34-25-13(11-9-36-21(22)23-11)16(30)24-14-18(31)28-15(20(32)33)10(8-35-19(14)28)7-27-6-5-26-4-2-3-12(29)17(26)27/h2-6,9,14,19H,7-8H2,1H3,(H4-,22,23,24,29,30,32,33)/p+1/b25-13-/t14-,19-/m1/s1. The lowest BCUT2D eigenvalue weighted by molar-refractivity contribution is -0.662. The summed E-state index contributed by atoms with van der Waals surface area (Å²) >= 11 is 2.45. The highest BCUT2D eigenvalue weighted by molar-refractivity contribution is 8.00. The molecule has 0 aliphatic carbocycles. The van der Waals surface area contributed by atoms with Gasteiger partial charge in [0.05, 0.1) is 6.20 Å². The Labute approximate surface area is 211 Å². The second-order valence-corrected chi connectivity index (χ2v) is 9.86. The molecular weight excluding hydrogens is 510 g/mol. The molecule has 0 unspecified atom stereocenters. The number of anilines is 1. The third-order valence-corrected chi connectivity index (χ3v) is 7.73. The predicted octanol–water partition coefficient (Wildman–Crippen LogP) is -0.240. The molecule has 2 amide bonds. The zero-order valence-corrected chi connectivity index (χ0v) is 20.3. The van der Waals surface area contributed by atoms with E-state index in [1.807, 2.05) is 0 Å². The summed E-state index contributed by atoms with van der Waals surface area (Å²) in [5.74, 6) is -2.15. The minimum Gasteiger partial charge on any atom is -0.501 e. The number of nitrogens with two attached hydrogens (primary N) is 1. The van der Waals surface area contributed by atoms with Crippen molar-refractivity contribution in [2.45, 2.75) is 18.0 Å². The number of fused-ring (bicyclic) bond motifs is 2. The van der Waals surface area contributed by atoms with Gasteiger partial charge in [-0.2, -0.15) is 4.40 Å². The number of hydrogen-bond acceptors (Lipinski definition) is 10. The first kappa shape index (κ1) is 23.6. The van der Waals surface area contributed by atoms with Crippen LogP contribution in [0.25, 0.3) is 5.65 Å². The van der Waals surface area contributed by atoms with Crippen molar-refractivity contribution < 1.29 is 34.0 Å². The Balaban J connectivity index is 1.38. The molecule has 0 aromatic carbocycles. The van der Waals surface area contributed by atoms with Crippen LogP contribution in [0.3, 0.4) is 0 Å². The summed E-state index contributed by atoms with van der Waals surface area (Å²) in [5.41, 5.74) is 6.56. The van der Waals surface area contributed by atoms with Crippen LogP contribution in [0.5, 0.6) is 5.75 Å². The van der Waals surface area contributed by atoms with Gasteiger partial charge in [0, 0.05) is 16.7 Å². The maximum absolute atomic E-state index is 13.0. The fourth-order valence-electron chi connectivity index (χ4n) is 4.18. The van der Waals surface area contributed by atoms with Crippen LogP contribution in [0, 0.1) is 0 Å². The Morgan fingerprint density at radius 2 is 2.22 bits per heavy atom. The van der Waals surface area contributed by atoms with Gasteiger partial charge in [-0.1, -0.05) is 5.16 Å². The third-order valence-electron chi connectivity index (χ3n) is 5.71. The molecule has 2 aliphatic heterocycles. The maximum Gasteiger partial charge on any atom is 0.352 e. The summed E-state index contributed by atoms with van der Waals surface area (Å²) in [6.45, 7) is 0.159. The molecule has 0 radical (unpaired) electrons. The number of carbonyl (C=O) groups excluding carboxylic acids is 2. The topological polar surface area (TPSA) is 176 Å². The van der Waals surface area contributed by atoms with E-state index in [1.165, 1.54) is 35.2 Å². The average Bonchev–Trinajstić information content (AvgIpc) is 3.47. The van der Waals surface area contributed by atoms with Crippen molar-refractivity contribution in [3.8, 4) is 5.75 Å². The highest BCUT2D eigenvalue weighted by Gasteiger charge is 2.54. The van der Waals surface area contributed by atoms with Gasteiger partial charge in [-0.05, 0) is 12.1 Å². The zero-order valence-electron chi connectivity index (χ0n) is 18.7. The number of imidazole rings is 1. The Hall–Kier alpha value is -4.11. The Morgan fingerprint density at radius 3 is 2.92 bits per heavy atom. The van der Waals surface area contributed by atoms with E-state index in [0.29, 0.717) is 17.0 Å². The number of β-lactam (4-membered cyclic amide) rings is 1. The van der Waals surface area contributed by atoms with E-state index >= 15 is 0 Å². The van der Waals surface area contributed by atoms with Crippen LogP contribution >= 0.6 is 23.1 Å². The molecule has 2 atom stereocenters. The number of aromatic nitrogens is 3. The van der Waals surface area contributed by atoms with E-state index in [1.54, 1.807) is 33.6 Å². The van der Waals surface area contributed by atoms with Gasteiger partial charge in [0.2, 0.25) is 5.75 Å². The SMILES string of the molecule is CO/N=C(\C(=O)N[C@@H]1C(=O)N2C(C(=O)O)=C(C[n+]3ccn4cccc(O)c43)CS[C@H]12)c1csc(N)n1. The van der Waals surface area contributed by atoms with Crippen molar-refractivity contribution >= 4 is 57.4 Å². The number of carbonyl (C=O) groups is 3. The van der Waals surface area contributed by atoms with E-state index in [-0.39, 0.29) is 34.5 Å². The van der Waals surface area contributed by atoms with Crippen LogP contribution in [-0.2, 0) is 25.8 Å². The number of thioether (sulfide) groups is 1. The molecule has 0 bridgehead atoms. The Kier molecular flexibility index (Phi) is 6.01. The zero-order chi connectivity index (χ0) is 25.6. The number of carboxylic acids is 1. The summed E-state index contributed by atoms with van der Waals surface area (Å²) in [4.78, 5) is 48.1. The number of aliphatic carboxylic acids is 1. The van der Waals surface area contributed by atoms with E-state index < -0.39 is 29.2 Å². The number of nitrogens with one attached hydrogen (secondary N) is 1. The molecule has 5 heterocycles. The second-order valence-electron chi connectivity index (χ2n) is 7.86. The van der Waals surface area contributed by atoms with E-state index in [0.717, 1.165) is 11.3 Å². The molecule has 0 saturated carbocycles. The summed E-state index contributed by atoms with van der Waals surface area (Å²) < 4.78 is 3.43. The maximum atomic E-state index is 13.0. The normalized spacial score (nSPS) is 19.8. The molecule has 5 N–H and O–H groups in total. The molecular formula is C21H20N7O6S2+. The van der Waals surface area contributed by atoms with E-state index in [9.17, 15) is 24.6 Å². The van der Waals surface area contributed by atoms with Crippen LogP contribution in [0.1, 0.15) is 5.69 Å². The molecule has 5 rings (SSSR count). The lowest BCUT2D eigenvalue weighted by atomic mass is 10.0. The number of pyridine rings is 1. The molecule has 15 heteroatoms. The number of nitrogen functional groups attached to an aromatic ring is 1. The minimum absolute atomic E-state index is 0.0412. The molecule has 36 heavy (non-hydrogen) atoms. The van der Waals surface area contributed by atoms with Crippen molar-refractivity contribution in [3.63, 3.8) is 0 Å². The quantitative estimate of drug-likeness (QED) is 0.139. The summed E-state index contributed by atoms with van der Waals surface area (Å²) in [6, 6.07) is 2.27. The number of carboxylic acid groups (broad SMARTS) is 1. The predicted molar refractivity (Wildman–Crippen MR) is 129 cm³/mol. The fraction of sp³-hybridized carbons (Fsp3) is 0.238. The van der Waals surface area contributed by atoms with Gasteiger partial charge < -0.3 is 26.1 Å². The van der Waals surface area contributed by atoms with Gasteiger partial charge >= 0.3 is 11.6 Å². The summed E-state index contributed by atoms with van der Waals surface area (Å²) in [5, 5.41) is 27.7. The first-order valence-electron chi connectivity index (χ1n) is 10.5. The Bertz CT molecular complexity index is 1460. The lowest BCUT2D eigenvalue weighted by Gasteiger charge is -2.49. The lowest BCUT2D eigenvalue weighted by Crippen LogP contribution is -2.71. The van der Waals surface area contributed by atoms with Gasteiger partial charge in [-0.15, -0.1) is 23.1 Å².